The lowest BCUT2D eigenvalue weighted by atomic mass is 9.86. The fourth-order valence-electron chi connectivity index (χ4n) is 4.39. The second-order valence-corrected chi connectivity index (χ2v) is 14.1. The van der Waals surface area contributed by atoms with Crippen LogP contribution < -0.4 is 15.4 Å². The molecule has 1 fully saturated rings. The lowest BCUT2D eigenvalue weighted by Crippen LogP contribution is -2.40. The maximum atomic E-state index is 15.3. The van der Waals surface area contributed by atoms with E-state index in [0.29, 0.717) is 30.7 Å². The smallest absolute Gasteiger partial charge is 0.411 e. The lowest BCUT2D eigenvalue weighted by molar-refractivity contribution is 0.109. The highest BCUT2D eigenvalue weighted by atomic mass is 32.2. The molecule has 0 bridgehead atoms. The molecule has 1 aliphatic rings. The molecule has 3 rings (SSSR count). The summed E-state index contributed by atoms with van der Waals surface area (Å²) in [6.07, 6.45) is 1.01. The third-order valence-corrected chi connectivity index (χ3v) is 8.91. The largest absolute Gasteiger partial charge is 0.447 e. The SMILES string of the molecule is CC(C)OC(=O)Nc1ccc(-c2sc(C3CCC(NC(=O)OC(C)C)CC3)nc2F)c(S(=O)(=O)NC(C)(C)C)c1. The zero-order valence-corrected chi connectivity index (χ0v) is 25.6. The van der Waals surface area contributed by atoms with E-state index in [4.69, 9.17) is 9.47 Å². The summed E-state index contributed by atoms with van der Waals surface area (Å²) in [6.45, 7) is 12.1. The Hall–Kier alpha value is -2.77. The molecule has 1 heterocycles. The number of benzene rings is 1. The highest BCUT2D eigenvalue weighted by Gasteiger charge is 2.31. The van der Waals surface area contributed by atoms with Gasteiger partial charge in [-0.15, -0.1) is 11.3 Å². The fraction of sp³-hybridized carbons (Fsp3) is 0.593. The molecular formula is C27H39FN4O6S2. The van der Waals surface area contributed by atoms with Gasteiger partial charge in [0.1, 0.15) is 0 Å². The zero-order chi connectivity index (χ0) is 29.8. The van der Waals surface area contributed by atoms with Gasteiger partial charge in [-0.1, -0.05) is 0 Å². The average Bonchev–Trinajstić information content (AvgIpc) is 3.18. The third kappa shape index (κ3) is 8.87. The number of rotatable bonds is 8. The zero-order valence-electron chi connectivity index (χ0n) is 24.0. The van der Waals surface area contributed by atoms with E-state index in [9.17, 15) is 18.0 Å². The van der Waals surface area contributed by atoms with Gasteiger partial charge in [-0.2, -0.15) is 4.39 Å². The van der Waals surface area contributed by atoms with E-state index >= 15 is 4.39 Å². The molecule has 13 heteroatoms. The minimum Gasteiger partial charge on any atom is -0.447 e. The first-order valence-electron chi connectivity index (χ1n) is 13.3. The number of aromatic nitrogens is 1. The van der Waals surface area contributed by atoms with Gasteiger partial charge in [0, 0.05) is 28.7 Å². The molecule has 0 spiro atoms. The van der Waals surface area contributed by atoms with Crippen LogP contribution in [0.15, 0.2) is 23.1 Å². The molecular weight excluding hydrogens is 559 g/mol. The van der Waals surface area contributed by atoms with Gasteiger partial charge in [0.25, 0.3) is 0 Å². The quantitative estimate of drug-likeness (QED) is 0.332. The normalized spacial score (nSPS) is 18.1. The number of carbonyl (C=O) groups excluding carboxylic acids is 2. The molecule has 0 aliphatic heterocycles. The van der Waals surface area contributed by atoms with Crippen LogP contribution in [0.3, 0.4) is 0 Å². The number of halogens is 1. The van der Waals surface area contributed by atoms with Crippen molar-refractivity contribution >= 4 is 39.2 Å². The van der Waals surface area contributed by atoms with Crippen LogP contribution in [-0.4, -0.2) is 49.4 Å². The first-order chi connectivity index (χ1) is 18.5. The lowest BCUT2D eigenvalue weighted by Gasteiger charge is -2.27. The topological polar surface area (TPSA) is 136 Å². The summed E-state index contributed by atoms with van der Waals surface area (Å²) in [6, 6.07) is 4.22. The van der Waals surface area contributed by atoms with Crippen LogP contribution in [0.4, 0.5) is 19.7 Å². The molecule has 2 amide bonds. The summed E-state index contributed by atoms with van der Waals surface area (Å²) in [4.78, 5) is 28.1. The Kier molecular flexibility index (Phi) is 10.2. The van der Waals surface area contributed by atoms with Crippen LogP contribution in [0.2, 0.25) is 0 Å². The minimum atomic E-state index is -4.12. The summed E-state index contributed by atoms with van der Waals surface area (Å²) in [5.41, 5.74) is -0.467. The summed E-state index contributed by atoms with van der Waals surface area (Å²) < 4.78 is 55.0. The van der Waals surface area contributed by atoms with Gasteiger partial charge < -0.3 is 14.8 Å². The van der Waals surface area contributed by atoms with Crippen LogP contribution >= 0.6 is 11.3 Å². The number of nitrogens with one attached hydrogen (secondary N) is 3. The van der Waals surface area contributed by atoms with Crippen molar-refractivity contribution in [3.05, 3.63) is 29.2 Å². The Labute approximate surface area is 239 Å². The molecule has 3 N–H and O–H groups in total. The van der Waals surface area contributed by atoms with Crippen LogP contribution in [0.5, 0.6) is 0 Å². The molecule has 0 saturated heterocycles. The highest BCUT2D eigenvalue weighted by Crippen LogP contribution is 2.41. The molecule has 1 aromatic heterocycles. The predicted molar refractivity (Wildman–Crippen MR) is 153 cm³/mol. The molecule has 0 atom stereocenters. The van der Waals surface area contributed by atoms with Crippen molar-refractivity contribution in [2.24, 2.45) is 0 Å². The van der Waals surface area contributed by atoms with E-state index in [1.54, 1.807) is 48.5 Å². The van der Waals surface area contributed by atoms with Gasteiger partial charge in [0.2, 0.25) is 16.0 Å². The summed E-state index contributed by atoms with van der Waals surface area (Å²) in [7, 11) is -4.12. The second kappa shape index (κ2) is 12.8. The van der Waals surface area contributed by atoms with Crippen molar-refractivity contribution in [2.75, 3.05) is 5.32 Å². The fourth-order valence-corrected chi connectivity index (χ4v) is 7.26. The minimum absolute atomic E-state index is 0.0214. The van der Waals surface area contributed by atoms with Crippen LogP contribution in [-0.2, 0) is 19.5 Å². The summed E-state index contributed by atoms with van der Waals surface area (Å²) in [5, 5.41) is 5.97. The number of ether oxygens (including phenoxy) is 2. The average molecular weight is 599 g/mol. The Morgan fingerprint density at radius 2 is 1.62 bits per heavy atom. The van der Waals surface area contributed by atoms with Gasteiger partial charge in [0.15, 0.2) is 0 Å². The number of nitrogens with zero attached hydrogens (tertiary/aromatic N) is 1. The Morgan fingerprint density at radius 3 is 2.20 bits per heavy atom. The maximum Gasteiger partial charge on any atom is 0.411 e. The molecule has 0 unspecified atom stereocenters. The molecule has 1 aromatic carbocycles. The molecule has 222 valence electrons. The number of hydrogen-bond donors (Lipinski definition) is 3. The number of carbonyl (C=O) groups is 2. The molecule has 1 saturated carbocycles. The number of anilines is 1. The van der Waals surface area contributed by atoms with Crippen LogP contribution in [0, 0.1) is 5.95 Å². The summed E-state index contributed by atoms with van der Waals surface area (Å²) in [5.74, 6) is -0.778. The third-order valence-electron chi connectivity index (χ3n) is 5.89. The number of alkyl carbamates (subject to hydrolysis) is 1. The Morgan fingerprint density at radius 1 is 1.02 bits per heavy atom. The molecule has 0 radical (unpaired) electrons. The first kappa shape index (κ1) is 31.8. The van der Waals surface area contributed by atoms with Crippen LogP contribution in [0.1, 0.15) is 85.1 Å². The van der Waals surface area contributed by atoms with Gasteiger partial charge in [-0.25, -0.2) is 27.7 Å². The van der Waals surface area contributed by atoms with Gasteiger partial charge in [-0.3, -0.25) is 5.32 Å². The molecule has 40 heavy (non-hydrogen) atoms. The van der Waals surface area contributed by atoms with E-state index in [0.717, 1.165) is 11.3 Å². The monoisotopic (exact) mass is 598 g/mol. The van der Waals surface area contributed by atoms with Gasteiger partial charge >= 0.3 is 12.2 Å². The van der Waals surface area contributed by atoms with Crippen molar-refractivity contribution in [1.82, 2.24) is 15.0 Å². The number of thiazole rings is 1. The highest BCUT2D eigenvalue weighted by molar-refractivity contribution is 7.89. The number of hydrogen-bond acceptors (Lipinski definition) is 8. The van der Waals surface area contributed by atoms with E-state index in [-0.39, 0.29) is 45.2 Å². The predicted octanol–water partition coefficient (Wildman–Crippen LogP) is 6.14. The maximum absolute atomic E-state index is 15.3. The second-order valence-electron chi connectivity index (χ2n) is 11.5. The van der Waals surface area contributed by atoms with Gasteiger partial charge in [0.05, 0.1) is 27.0 Å². The molecule has 10 nitrogen and oxygen atoms in total. The van der Waals surface area contributed by atoms with E-state index in [1.165, 1.54) is 18.2 Å². The molecule has 2 aromatic rings. The molecule has 1 aliphatic carbocycles. The van der Waals surface area contributed by atoms with Crippen LogP contribution in [0.25, 0.3) is 10.4 Å². The first-order valence-corrected chi connectivity index (χ1v) is 15.6. The number of sulfonamides is 1. The van der Waals surface area contributed by atoms with Crippen molar-refractivity contribution < 1.29 is 31.9 Å². The van der Waals surface area contributed by atoms with Crippen molar-refractivity contribution in [2.45, 2.75) is 109 Å². The summed E-state index contributed by atoms with van der Waals surface area (Å²) >= 11 is 1.12. The van der Waals surface area contributed by atoms with Crippen molar-refractivity contribution in [1.29, 1.82) is 0 Å². The van der Waals surface area contributed by atoms with Crippen molar-refractivity contribution in [3.63, 3.8) is 0 Å². The van der Waals surface area contributed by atoms with E-state index in [2.05, 4.69) is 20.3 Å². The standard InChI is InChI=1S/C27H39FN4O6S2/c1-15(2)37-25(33)29-18-10-8-17(9-11-18)24-31-23(28)22(39-24)20-13-12-19(30-26(34)38-16(3)4)14-21(20)40(35,36)32-27(5,6)7/h12-18,32H,8-11H2,1-7H3,(H,29,33)(H,30,34). The van der Waals surface area contributed by atoms with E-state index < -0.39 is 33.7 Å². The Bertz CT molecular complexity index is 1310. The Balaban J connectivity index is 1.88. The van der Waals surface area contributed by atoms with E-state index in [1.807, 2.05) is 0 Å². The van der Waals surface area contributed by atoms with Gasteiger partial charge in [-0.05, 0) is 92.3 Å². The number of amides is 2. The van der Waals surface area contributed by atoms with Crippen molar-refractivity contribution in [3.8, 4) is 10.4 Å².